The van der Waals surface area contributed by atoms with Crippen LogP contribution in [0.4, 0.5) is 0 Å². The maximum absolute atomic E-state index is 11.5. The van der Waals surface area contributed by atoms with E-state index in [-0.39, 0.29) is 5.78 Å². The number of carbonyl (C=O) groups is 1. The van der Waals surface area contributed by atoms with Crippen molar-refractivity contribution < 1.29 is 4.79 Å². The number of rotatable bonds is 2. The highest BCUT2D eigenvalue weighted by Gasteiger charge is 2.04. The fraction of sp³-hybridized carbons (Fsp3) is 0.235. The predicted octanol–water partition coefficient (Wildman–Crippen LogP) is 3.66. The van der Waals surface area contributed by atoms with Gasteiger partial charge in [0.25, 0.3) is 0 Å². The third-order valence-corrected chi connectivity index (χ3v) is 2.93. The van der Waals surface area contributed by atoms with Crippen molar-refractivity contribution in [3.63, 3.8) is 0 Å². The van der Waals surface area contributed by atoms with Gasteiger partial charge in [0.15, 0.2) is 0 Å². The summed E-state index contributed by atoms with van der Waals surface area (Å²) in [6.07, 6.45) is 10.3. The van der Waals surface area contributed by atoms with E-state index in [1.54, 1.807) is 6.08 Å². The maximum Gasteiger partial charge on any atom is 0.229 e. The van der Waals surface area contributed by atoms with Crippen molar-refractivity contribution in [3.05, 3.63) is 59.7 Å². The second-order valence-electron chi connectivity index (χ2n) is 4.37. The first-order valence-corrected chi connectivity index (χ1v) is 6.32. The number of carbonyl (C=O) groups excluding carboxylic acids is 1. The average Bonchev–Trinajstić information content (AvgIpc) is 2.91. The summed E-state index contributed by atoms with van der Waals surface area (Å²) in [5.41, 5.74) is 2.31. The molecule has 0 spiro atoms. The standard InChI is InChI=1S/C17H16O/c18-17(12-6-11-15-9-4-5-10-15)14-13-16-7-2-1-3-8-16/h1-3,6-8,11-12H,4-5,9-10H2/b12-6+. The summed E-state index contributed by atoms with van der Waals surface area (Å²) in [6, 6.07) is 9.54. The summed E-state index contributed by atoms with van der Waals surface area (Å²) in [5, 5.41) is 0. The third kappa shape index (κ3) is 4.07. The highest BCUT2D eigenvalue weighted by molar-refractivity contribution is 6.04. The predicted molar refractivity (Wildman–Crippen MR) is 74.0 cm³/mol. The second-order valence-corrected chi connectivity index (χ2v) is 4.37. The number of allylic oxidation sites excluding steroid dienone is 4. The van der Waals surface area contributed by atoms with Crippen LogP contribution >= 0.6 is 0 Å². The van der Waals surface area contributed by atoms with E-state index in [2.05, 4.69) is 17.9 Å². The fourth-order valence-electron chi connectivity index (χ4n) is 1.96. The molecular formula is C17H16O. The van der Waals surface area contributed by atoms with E-state index in [1.165, 1.54) is 31.3 Å². The van der Waals surface area contributed by atoms with Crippen LogP contribution in [0, 0.1) is 11.8 Å². The van der Waals surface area contributed by atoms with Crippen molar-refractivity contribution in [2.75, 3.05) is 0 Å². The van der Waals surface area contributed by atoms with Gasteiger partial charge in [-0.2, -0.15) is 0 Å². The number of hydrogen-bond donors (Lipinski definition) is 0. The molecule has 1 saturated carbocycles. The molecule has 0 saturated heterocycles. The van der Waals surface area contributed by atoms with Crippen LogP contribution in [0.2, 0.25) is 0 Å². The zero-order valence-electron chi connectivity index (χ0n) is 10.4. The molecule has 0 heterocycles. The first-order chi connectivity index (χ1) is 8.84. The lowest BCUT2D eigenvalue weighted by Crippen LogP contribution is -1.85. The van der Waals surface area contributed by atoms with Gasteiger partial charge in [0.1, 0.15) is 0 Å². The van der Waals surface area contributed by atoms with E-state index in [9.17, 15) is 4.79 Å². The van der Waals surface area contributed by atoms with Crippen LogP contribution in [0.25, 0.3) is 0 Å². The van der Waals surface area contributed by atoms with E-state index in [0.717, 1.165) is 5.56 Å². The molecule has 1 aromatic carbocycles. The van der Waals surface area contributed by atoms with Crippen LogP contribution < -0.4 is 0 Å². The minimum atomic E-state index is -0.145. The van der Waals surface area contributed by atoms with E-state index < -0.39 is 0 Å². The minimum absolute atomic E-state index is 0.145. The van der Waals surface area contributed by atoms with Crippen molar-refractivity contribution in [2.45, 2.75) is 25.7 Å². The Kier molecular flexibility index (Phi) is 4.55. The molecule has 1 aliphatic rings. The van der Waals surface area contributed by atoms with E-state index in [4.69, 9.17) is 0 Å². The molecule has 90 valence electrons. The van der Waals surface area contributed by atoms with Gasteiger partial charge in [0, 0.05) is 5.56 Å². The molecule has 0 amide bonds. The Balaban J connectivity index is 1.91. The van der Waals surface area contributed by atoms with Gasteiger partial charge in [-0.3, -0.25) is 4.79 Å². The largest absolute Gasteiger partial charge is 0.280 e. The van der Waals surface area contributed by atoms with Crippen molar-refractivity contribution in [3.8, 4) is 11.8 Å². The number of benzene rings is 1. The molecule has 0 radical (unpaired) electrons. The van der Waals surface area contributed by atoms with Gasteiger partial charge in [-0.05, 0) is 49.8 Å². The summed E-state index contributed by atoms with van der Waals surface area (Å²) < 4.78 is 0. The lowest BCUT2D eigenvalue weighted by Gasteiger charge is -1.88. The molecule has 0 N–H and O–H groups in total. The summed E-state index contributed by atoms with van der Waals surface area (Å²) in [5.74, 6) is 5.33. The fourth-order valence-corrected chi connectivity index (χ4v) is 1.96. The molecule has 0 bridgehead atoms. The topological polar surface area (TPSA) is 17.1 Å². The third-order valence-electron chi connectivity index (χ3n) is 2.93. The molecule has 1 heteroatoms. The highest BCUT2D eigenvalue weighted by Crippen LogP contribution is 2.23. The minimum Gasteiger partial charge on any atom is -0.280 e. The molecule has 0 unspecified atom stereocenters. The Bertz CT molecular complexity index is 516. The normalized spacial score (nSPS) is 14.3. The van der Waals surface area contributed by atoms with Gasteiger partial charge < -0.3 is 0 Å². The Morgan fingerprint density at radius 1 is 1.11 bits per heavy atom. The Hall–Kier alpha value is -2.07. The van der Waals surface area contributed by atoms with Crippen LogP contribution in [0.5, 0.6) is 0 Å². The maximum atomic E-state index is 11.5. The van der Waals surface area contributed by atoms with E-state index >= 15 is 0 Å². The number of hydrogen-bond acceptors (Lipinski definition) is 1. The summed E-state index contributed by atoms with van der Waals surface area (Å²) in [6.45, 7) is 0. The number of ketones is 1. The van der Waals surface area contributed by atoms with Crippen LogP contribution in [0.1, 0.15) is 31.2 Å². The molecular weight excluding hydrogens is 220 g/mol. The van der Waals surface area contributed by atoms with Crippen LogP contribution in [0.15, 0.2) is 54.1 Å². The van der Waals surface area contributed by atoms with E-state index in [0.29, 0.717) is 0 Å². The lowest BCUT2D eigenvalue weighted by atomic mass is 10.2. The second kappa shape index (κ2) is 6.61. The van der Waals surface area contributed by atoms with Crippen LogP contribution in [-0.4, -0.2) is 5.78 Å². The molecule has 1 aromatic rings. The molecule has 18 heavy (non-hydrogen) atoms. The first kappa shape index (κ1) is 12.4. The van der Waals surface area contributed by atoms with Crippen molar-refractivity contribution in [2.24, 2.45) is 0 Å². The van der Waals surface area contributed by atoms with E-state index in [1.807, 2.05) is 36.4 Å². The van der Waals surface area contributed by atoms with Gasteiger partial charge in [-0.25, -0.2) is 0 Å². The Labute approximate surface area is 108 Å². The van der Waals surface area contributed by atoms with Crippen molar-refractivity contribution in [1.29, 1.82) is 0 Å². The average molecular weight is 236 g/mol. The molecule has 0 aromatic heterocycles. The summed E-state index contributed by atoms with van der Waals surface area (Å²) >= 11 is 0. The molecule has 1 nitrogen and oxygen atoms in total. The summed E-state index contributed by atoms with van der Waals surface area (Å²) in [4.78, 5) is 11.5. The smallest absolute Gasteiger partial charge is 0.229 e. The quantitative estimate of drug-likeness (QED) is 0.565. The molecule has 0 aliphatic heterocycles. The monoisotopic (exact) mass is 236 g/mol. The van der Waals surface area contributed by atoms with Gasteiger partial charge in [0.05, 0.1) is 0 Å². The summed E-state index contributed by atoms with van der Waals surface area (Å²) in [7, 11) is 0. The van der Waals surface area contributed by atoms with Gasteiger partial charge in [-0.1, -0.05) is 41.8 Å². The van der Waals surface area contributed by atoms with Crippen molar-refractivity contribution in [1.82, 2.24) is 0 Å². The molecule has 1 aliphatic carbocycles. The SMILES string of the molecule is O=C(C#Cc1ccccc1)/C=C/C=C1CCCC1. The van der Waals surface area contributed by atoms with Crippen LogP contribution in [0.3, 0.4) is 0 Å². The zero-order chi connectivity index (χ0) is 12.6. The highest BCUT2D eigenvalue weighted by atomic mass is 16.1. The first-order valence-electron chi connectivity index (χ1n) is 6.32. The Morgan fingerprint density at radius 3 is 2.56 bits per heavy atom. The van der Waals surface area contributed by atoms with Gasteiger partial charge >= 0.3 is 0 Å². The lowest BCUT2D eigenvalue weighted by molar-refractivity contribution is -0.109. The molecule has 0 atom stereocenters. The Morgan fingerprint density at radius 2 is 1.83 bits per heavy atom. The van der Waals surface area contributed by atoms with Gasteiger partial charge in [0.2, 0.25) is 5.78 Å². The van der Waals surface area contributed by atoms with Crippen molar-refractivity contribution >= 4 is 5.78 Å². The van der Waals surface area contributed by atoms with Gasteiger partial charge in [-0.15, -0.1) is 0 Å². The molecule has 1 fully saturated rings. The zero-order valence-corrected chi connectivity index (χ0v) is 10.4. The molecule has 2 rings (SSSR count). The van der Waals surface area contributed by atoms with Crippen LogP contribution in [-0.2, 0) is 4.79 Å².